The molecule has 0 amide bonds. The van der Waals surface area contributed by atoms with Crippen molar-refractivity contribution in [3.05, 3.63) is 0 Å². The molecule has 4 heteroatoms. The number of hydrogen-bond acceptors (Lipinski definition) is 3. The zero-order chi connectivity index (χ0) is 4.12. The Balaban J connectivity index is 0. The third kappa shape index (κ3) is 8.90. The summed E-state index contributed by atoms with van der Waals surface area (Å²) in [6, 6.07) is 0. The third-order valence-corrected chi connectivity index (χ3v) is 0.289. The fourth-order valence-corrected chi connectivity index (χ4v) is 0.0833. The van der Waals surface area contributed by atoms with Crippen molar-refractivity contribution in [3.8, 4) is 0 Å². The van der Waals surface area contributed by atoms with E-state index in [4.69, 9.17) is 11.6 Å². The highest BCUT2D eigenvalue weighted by molar-refractivity contribution is 5.85. The smallest absolute Gasteiger partial charge is 0.0220 e. The van der Waals surface area contributed by atoms with Crippen molar-refractivity contribution >= 4 is 12.4 Å². The van der Waals surface area contributed by atoms with Crippen LogP contribution in [0.2, 0.25) is 0 Å². The zero-order valence-electron chi connectivity index (χ0n) is 3.48. The molecule has 0 rings (SSSR count). The minimum Gasteiger partial charge on any atom is -0.329 e. The van der Waals surface area contributed by atoms with E-state index in [1.54, 1.807) is 0 Å². The highest BCUT2D eigenvalue weighted by Gasteiger charge is 1.64. The number of hydrazine groups is 1. The second-order valence-corrected chi connectivity index (χ2v) is 0.743. The fourth-order valence-electron chi connectivity index (χ4n) is 0.0833. The maximum absolute atomic E-state index is 5.00. The largest absolute Gasteiger partial charge is 0.329 e. The van der Waals surface area contributed by atoms with Crippen molar-refractivity contribution in [2.45, 2.75) is 0 Å². The maximum atomic E-state index is 5.00. The molecule has 0 aromatic carbocycles. The monoisotopic (exact) mass is 111 g/mol. The Morgan fingerprint density at radius 1 is 1.50 bits per heavy atom. The summed E-state index contributed by atoms with van der Waals surface area (Å²) in [5.41, 5.74) is 7.39. The van der Waals surface area contributed by atoms with Gasteiger partial charge in [-0.3, -0.25) is 11.3 Å². The van der Waals surface area contributed by atoms with Crippen LogP contribution >= 0.6 is 12.4 Å². The van der Waals surface area contributed by atoms with Gasteiger partial charge in [0.05, 0.1) is 0 Å². The molecule has 0 aromatic rings. The van der Waals surface area contributed by atoms with Gasteiger partial charge < -0.3 is 5.73 Å². The van der Waals surface area contributed by atoms with Crippen molar-refractivity contribution < 1.29 is 0 Å². The summed E-state index contributed by atoms with van der Waals surface area (Å²) in [5, 5.41) is 0. The molecule has 3 nitrogen and oxygen atoms in total. The molecule has 0 radical (unpaired) electrons. The zero-order valence-corrected chi connectivity index (χ0v) is 4.29. The van der Waals surface area contributed by atoms with Crippen LogP contribution in [0.4, 0.5) is 0 Å². The quantitative estimate of drug-likeness (QED) is 0.311. The molecule has 5 N–H and O–H groups in total. The van der Waals surface area contributed by atoms with E-state index in [1.807, 2.05) is 0 Å². The molecule has 0 aliphatic carbocycles. The van der Waals surface area contributed by atoms with E-state index in [2.05, 4.69) is 5.43 Å². The van der Waals surface area contributed by atoms with Crippen LogP contribution in [0.25, 0.3) is 0 Å². The van der Waals surface area contributed by atoms with Crippen molar-refractivity contribution in [1.82, 2.24) is 5.43 Å². The lowest BCUT2D eigenvalue weighted by atomic mass is 10.7. The molecule has 0 fully saturated rings. The van der Waals surface area contributed by atoms with Crippen LogP contribution in [0.5, 0.6) is 0 Å². The minimum absolute atomic E-state index is 0. The molecular weight excluding hydrogens is 101 g/mol. The van der Waals surface area contributed by atoms with Gasteiger partial charge in [0, 0.05) is 13.1 Å². The Hall–Kier alpha value is 0.170. The lowest BCUT2D eigenvalue weighted by Crippen LogP contribution is -2.28. The second kappa shape index (κ2) is 8.95. The van der Waals surface area contributed by atoms with Crippen molar-refractivity contribution in [1.29, 1.82) is 0 Å². The lowest BCUT2D eigenvalue weighted by Gasteiger charge is -1.85. The van der Waals surface area contributed by atoms with E-state index < -0.39 is 0 Å². The van der Waals surface area contributed by atoms with Crippen molar-refractivity contribution in [3.63, 3.8) is 0 Å². The van der Waals surface area contributed by atoms with Crippen LogP contribution in [0.1, 0.15) is 0 Å². The van der Waals surface area contributed by atoms with E-state index in [1.165, 1.54) is 0 Å². The molecule has 0 atom stereocenters. The van der Waals surface area contributed by atoms with E-state index in [-0.39, 0.29) is 12.4 Å². The van der Waals surface area contributed by atoms with Crippen molar-refractivity contribution in [2.24, 2.45) is 11.6 Å². The number of nitrogens with one attached hydrogen (secondary N) is 1. The van der Waals surface area contributed by atoms with E-state index in [9.17, 15) is 0 Å². The topological polar surface area (TPSA) is 64.1 Å². The first-order valence-corrected chi connectivity index (χ1v) is 1.55. The van der Waals surface area contributed by atoms with Crippen LogP contribution < -0.4 is 17.0 Å². The summed E-state index contributed by atoms with van der Waals surface area (Å²) in [7, 11) is 0. The molecule has 0 unspecified atom stereocenters. The van der Waals surface area contributed by atoms with Crippen LogP contribution in [0.3, 0.4) is 0 Å². The third-order valence-electron chi connectivity index (χ3n) is 0.289. The van der Waals surface area contributed by atoms with E-state index in [0.717, 1.165) is 0 Å². The Bertz CT molecular complexity index is 16.3. The standard InChI is InChI=1S/C2H9N3.ClH/c3-1-2-5-4;/h5H,1-4H2;1H. The van der Waals surface area contributed by atoms with Gasteiger partial charge in [-0.15, -0.1) is 12.4 Å². The molecular formula is C2H10ClN3. The first-order chi connectivity index (χ1) is 2.41. The molecule has 40 valence electrons. The van der Waals surface area contributed by atoms with Crippen LogP contribution in [0.15, 0.2) is 0 Å². The Kier molecular flexibility index (Phi) is 14.1. The minimum atomic E-state index is 0. The van der Waals surface area contributed by atoms with Gasteiger partial charge in [-0.25, -0.2) is 0 Å². The lowest BCUT2D eigenvalue weighted by molar-refractivity contribution is 0.738. The van der Waals surface area contributed by atoms with Gasteiger partial charge in [0.25, 0.3) is 0 Å². The van der Waals surface area contributed by atoms with Gasteiger partial charge in [-0.1, -0.05) is 0 Å². The highest BCUT2D eigenvalue weighted by Crippen LogP contribution is 1.33. The Morgan fingerprint density at radius 3 is 2.00 bits per heavy atom. The van der Waals surface area contributed by atoms with Gasteiger partial charge in [-0.2, -0.15) is 0 Å². The van der Waals surface area contributed by atoms with E-state index >= 15 is 0 Å². The summed E-state index contributed by atoms with van der Waals surface area (Å²) in [6.07, 6.45) is 0. The van der Waals surface area contributed by atoms with Gasteiger partial charge in [-0.05, 0) is 0 Å². The van der Waals surface area contributed by atoms with Gasteiger partial charge in [0.2, 0.25) is 0 Å². The van der Waals surface area contributed by atoms with Crippen LogP contribution in [-0.2, 0) is 0 Å². The molecule has 0 saturated carbocycles. The summed E-state index contributed by atoms with van der Waals surface area (Å²) >= 11 is 0. The first-order valence-electron chi connectivity index (χ1n) is 1.55. The molecule has 0 aliphatic rings. The Morgan fingerprint density at radius 2 is 2.00 bits per heavy atom. The summed E-state index contributed by atoms with van der Waals surface area (Å²) < 4.78 is 0. The summed E-state index contributed by atoms with van der Waals surface area (Å²) in [4.78, 5) is 0. The molecule has 0 spiro atoms. The molecule has 0 aromatic heterocycles. The first kappa shape index (κ1) is 9.48. The molecule has 0 saturated heterocycles. The Labute approximate surface area is 43.5 Å². The highest BCUT2D eigenvalue weighted by atomic mass is 35.5. The molecule has 0 aliphatic heterocycles. The SMILES string of the molecule is Cl.NCCNN. The molecule has 6 heavy (non-hydrogen) atoms. The number of nitrogens with two attached hydrogens (primary N) is 2. The van der Waals surface area contributed by atoms with E-state index in [0.29, 0.717) is 13.1 Å². The number of rotatable bonds is 2. The van der Waals surface area contributed by atoms with Crippen LogP contribution in [0, 0.1) is 0 Å². The average molecular weight is 112 g/mol. The summed E-state index contributed by atoms with van der Waals surface area (Å²) in [5.74, 6) is 4.81. The molecule has 0 heterocycles. The predicted octanol–water partition coefficient (Wildman–Crippen LogP) is -1.17. The second-order valence-electron chi connectivity index (χ2n) is 0.743. The van der Waals surface area contributed by atoms with Gasteiger partial charge in [0.15, 0.2) is 0 Å². The fraction of sp³-hybridized carbons (Fsp3) is 1.00. The van der Waals surface area contributed by atoms with Crippen molar-refractivity contribution in [2.75, 3.05) is 13.1 Å². The normalized spacial score (nSPS) is 7.00. The van der Waals surface area contributed by atoms with Gasteiger partial charge in [0.1, 0.15) is 0 Å². The number of halogens is 1. The summed E-state index contributed by atoms with van der Waals surface area (Å²) in [6.45, 7) is 1.30. The predicted molar refractivity (Wildman–Crippen MR) is 28.5 cm³/mol. The number of hydrogen-bond donors (Lipinski definition) is 3. The van der Waals surface area contributed by atoms with Gasteiger partial charge >= 0.3 is 0 Å². The molecule has 0 bridgehead atoms. The van der Waals surface area contributed by atoms with Crippen LogP contribution in [-0.4, -0.2) is 13.1 Å². The maximum Gasteiger partial charge on any atom is 0.0220 e. The average Bonchev–Trinajstić information content (AvgIpc) is 1.41.